The van der Waals surface area contributed by atoms with Gasteiger partial charge >= 0.3 is 0 Å². The highest BCUT2D eigenvalue weighted by atomic mass is 16.5. The van der Waals surface area contributed by atoms with E-state index >= 15 is 0 Å². The van der Waals surface area contributed by atoms with E-state index in [0.717, 1.165) is 24.6 Å². The van der Waals surface area contributed by atoms with Crippen LogP contribution in [0, 0.1) is 17.3 Å². The number of rotatable bonds is 3. The average molecular weight is 319 g/mol. The standard InChI is InChI=1S/C20H33NO2/c1-15-8-10-17(11-9-15)14-21-16(2)13-18(23-5)7-6-12-20(3,4)19(21)22/h6-7,13,15-17H,8-12,14H2,1-5H3/b7-6-,18-13+. The van der Waals surface area contributed by atoms with E-state index in [2.05, 4.69) is 44.7 Å². The summed E-state index contributed by atoms with van der Waals surface area (Å²) in [5.74, 6) is 2.60. The van der Waals surface area contributed by atoms with Gasteiger partial charge in [-0.3, -0.25) is 4.79 Å². The Kier molecular flexibility index (Phi) is 5.94. The van der Waals surface area contributed by atoms with E-state index in [0.29, 0.717) is 5.92 Å². The third-order valence-electron chi connectivity index (χ3n) is 5.47. The lowest BCUT2D eigenvalue weighted by molar-refractivity contribution is -0.142. The minimum atomic E-state index is -0.357. The molecule has 0 spiro atoms. The summed E-state index contributed by atoms with van der Waals surface area (Å²) in [5.41, 5.74) is -0.357. The number of nitrogens with zero attached hydrogens (tertiary/aromatic N) is 1. The number of hydrogen-bond donors (Lipinski definition) is 0. The Balaban J connectivity index is 2.19. The first-order valence-electron chi connectivity index (χ1n) is 9.07. The summed E-state index contributed by atoms with van der Waals surface area (Å²) in [7, 11) is 1.70. The molecule has 1 unspecified atom stereocenters. The number of carbonyl (C=O) groups is 1. The molecule has 1 heterocycles. The van der Waals surface area contributed by atoms with Crippen molar-refractivity contribution in [2.45, 2.75) is 65.8 Å². The van der Waals surface area contributed by atoms with Gasteiger partial charge in [-0.25, -0.2) is 0 Å². The Morgan fingerprint density at radius 2 is 1.87 bits per heavy atom. The highest BCUT2D eigenvalue weighted by Gasteiger charge is 2.35. The molecule has 1 aliphatic heterocycles. The van der Waals surface area contributed by atoms with Gasteiger partial charge in [0, 0.05) is 12.0 Å². The van der Waals surface area contributed by atoms with Crippen molar-refractivity contribution in [3.63, 3.8) is 0 Å². The molecular weight excluding hydrogens is 286 g/mol. The van der Waals surface area contributed by atoms with Gasteiger partial charge in [-0.2, -0.15) is 0 Å². The molecule has 1 fully saturated rings. The van der Waals surface area contributed by atoms with Crippen molar-refractivity contribution < 1.29 is 9.53 Å². The van der Waals surface area contributed by atoms with E-state index in [9.17, 15) is 4.79 Å². The molecule has 3 nitrogen and oxygen atoms in total. The molecule has 1 amide bonds. The van der Waals surface area contributed by atoms with Gasteiger partial charge in [0.2, 0.25) is 5.91 Å². The Morgan fingerprint density at radius 3 is 2.48 bits per heavy atom. The van der Waals surface area contributed by atoms with Gasteiger partial charge in [0.25, 0.3) is 0 Å². The predicted octanol–water partition coefficient (Wildman–Crippen LogP) is 4.55. The molecular formula is C20H33NO2. The maximum Gasteiger partial charge on any atom is 0.229 e. The van der Waals surface area contributed by atoms with Crippen LogP contribution < -0.4 is 0 Å². The Bertz CT molecular complexity index is 470. The number of hydrogen-bond acceptors (Lipinski definition) is 2. The van der Waals surface area contributed by atoms with Gasteiger partial charge in [0.05, 0.1) is 13.2 Å². The van der Waals surface area contributed by atoms with Gasteiger partial charge in [0.15, 0.2) is 0 Å². The largest absolute Gasteiger partial charge is 0.497 e. The fraction of sp³-hybridized carbons (Fsp3) is 0.750. The summed E-state index contributed by atoms with van der Waals surface area (Å²) in [6, 6.07) is 0.0684. The van der Waals surface area contributed by atoms with Crippen molar-refractivity contribution in [1.82, 2.24) is 4.90 Å². The lowest BCUT2D eigenvalue weighted by atomic mass is 9.81. The van der Waals surface area contributed by atoms with Crippen molar-refractivity contribution >= 4 is 5.91 Å². The zero-order valence-corrected chi connectivity index (χ0v) is 15.5. The second kappa shape index (κ2) is 7.55. The van der Waals surface area contributed by atoms with Gasteiger partial charge in [-0.1, -0.05) is 39.7 Å². The normalized spacial score (nSPS) is 35.5. The third-order valence-corrected chi connectivity index (χ3v) is 5.47. The van der Waals surface area contributed by atoms with Crippen molar-refractivity contribution in [1.29, 1.82) is 0 Å². The summed E-state index contributed by atoms with van der Waals surface area (Å²) in [5, 5.41) is 0. The molecule has 23 heavy (non-hydrogen) atoms. The molecule has 2 aliphatic rings. The fourth-order valence-corrected chi connectivity index (χ4v) is 3.69. The summed E-state index contributed by atoms with van der Waals surface area (Å²) in [4.78, 5) is 15.2. The molecule has 3 heteroatoms. The first-order valence-corrected chi connectivity index (χ1v) is 9.07. The van der Waals surface area contributed by atoms with Crippen molar-refractivity contribution in [3.8, 4) is 0 Å². The van der Waals surface area contributed by atoms with E-state index in [4.69, 9.17) is 4.74 Å². The smallest absolute Gasteiger partial charge is 0.229 e. The molecule has 1 atom stereocenters. The molecule has 1 saturated carbocycles. The van der Waals surface area contributed by atoms with E-state index in [-0.39, 0.29) is 17.4 Å². The minimum absolute atomic E-state index is 0.0684. The number of methoxy groups -OCH3 is 1. The van der Waals surface area contributed by atoms with Gasteiger partial charge in [-0.05, 0) is 50.2 Å². The number of allylic oxidation sites excluding steroid dienone is 2. The van der Waals surface area contributed by atoms with Crippen LogP contribution in [0.15, 0.2) is 24.0 Å². The third kappa shape index (κ3) is 4.62. The molecule has 0 aromatic carbocycles. The van der Waals surface area contributed by atoms with Crippen LogP contribution >= 0.6 is 0 Å². The van der Waals surface area contributed by atoms with Crippen molar-refractivity contribution in [2.75, 3.05) is 13.7 Å². The molecule has 0 aromatic heterocycles. The molecule has 130 valence electrons. The van der Waals surface area contributed by atoms with Crippen LogP contribution in [0.2, 0.25) is 0 Å². The van der Waals surface area contributed by atoms with E-state index in [1.165, 1.54) is 25.7 Å². The highest BCUT2D eigenvalue weighted by Crippen LogP contribution is 2.32. The number of ether oxygens (including phenoxy) is 1. The fourth-order valence-electron chi connectivity index (χ4n) is 3.69. The Labute approximate surface area is 141 Å². The van der Waals surface area contributed by atoms with Gasteiger partial charge in [0.1, 0.15) is 5.76 Å². The molecule has 0 aromatic rings. The Morgan fingerprint density at radius 1 is 1.22 bits per heavy atom. The lowest BCUT2D eigenvalue weighted by Gasteiger charge is -2.38. The molecule has 0 bridgehead atoms. The maximum atomic E-state index is 13.1. The zero-order chi connectivity index (χ0) is 17.0. The Hall–Kier alpha value is -1.25. The van der Waals surface area contributed by atoms with Crippen LogP contribution in [0.5, 0.6) is 0 Å². The quantitative estimate of drug-likeness (QED) is 0.764. The van der Waals surface area contributed by atoms with Crippen LogP contribution in [0.1, 0.15) is 59.8 Å². The minimum Gasteiger partial charge on any atom is -0.497 e. The van der Waals surface area contributed by atoms with Crippen LogP contribution in [0.4, 0.5) is 0 Å². The number of carbonyl (C=O) groups excluding carboxylic acids is 1. The topological polar surface area (TPSA) is 29.5 Å². The van der Waals surface area contributed by atoms with Crippen LogP contribution in [0.25, 0.3) is 0 Å². The highest BCUT2D eigenvalue weighted by molar-refractivity contribution is 5.82. The molecule has 0 saturated heterocycles. The van der Waals surface area contributed by atoms with E-state index in [1.807, 2.05) is 6.08 Å². The van der Waals surface area contributed by atoms with Crippen LogP contribution in [0.3, 0.4) is 0 Å². The first kappa shape index (κ1) is 18.1. The van der Waals surface area contributed by atoms with Gasteiger partial charge in [-0.15, -0.1) is 0 Å². The average Bonchev–Trinajstić information content (AvgIpc) is 2.55. The molecule has 1 aliphatic carbocycles. The van der Waals surface area contributed by atoms with Crippen LogP contribution in [-0.4, -0.2) is 30.5 Å². The summed E-state index contributed by atoms with van der Waals surface area (Å²) in [6.07, 6.45) is 12.0. The molecule has 0 radical (unpaired) electrons. The van der Waals surface area contributed by atoms with Crippen molar-refractivity contribution in [2.24, 2.45) is 17.3 Å². The monoisotopic (exact) mass is 319 g/mol. The lowest BCUT2D eigenvalue weighted by Crippen LogP contribution is -2.47. The second-order valence-electron chi connectivity index (χ2n) is 8.09. The molecule has 2 rings (SSSR count). The summed E-state index contributed by atoms with van der Waals surface area (Å²) >= 11 is 0. The van der Waals surface area contributed by atoms with Crippen LogP contribution in [-0.2, 0) is 9.53 Å². The maximum absolute atomic E-state index is 13.1. The predicted molar refractivity (Wildman–Crippen MR) is 94.9 cm³/mol. The SMILES string of the molecule is COC1=C/C(C)N(CC2CCC(C)CC2)C(=O)C(C)(C)C/C=C\1. The second-order valence-corrected chi connectivity index (χ2v) is 8.09. The van der Waals surface area contributed by atoms with E-state index < -0.39 is 0 Å². The summed E-state index contributed by atoms with van der Waals surface area (Å²) < 4.78 is 5.44. The van der Waals surface area contributed by atoms with Gasteiger partial charge < -0.3 is 9.64 Å². The number of amides is 1. The zero-order valence-electron chi connectivity index (χ0n) is 15.5. The van der Waals surface area contributed by atoms with E-state index in [1.54, 1.807) is 7.11 Å². The van der Waals surface area contributed by atoms with Crippen molar-refractivity contribution in [3.05, 3.63) is 24.0 Å². The first-order chi connectivity index (χ1) is 10.8. The summed E-state index contributed by atoms with van der Waals surface area (Å²) in [6.45, 7) is 9.44. The molecule has 0 N–H and O–H groups in total.